The fourth-order valence-electron chi connectivity index (χ4n) is 2.32. The molecule has 0 saturated heterocycles. The van der Waals surface area contributed by atoms with E-state index in [0.29, 0.717) is 5.39 Å². The Labute approximate surface area is 158 Å². The van der Waals surface area contributed by atoms with Crippen molar-refractivity contribution in [2.75, 3.05) is 0 Å². The first-order valence-electron chi connectivity index (χ1n) is 6.93. The van der Waals surface area contributed by atoms with E-state index in [0.717, 1.165) is 5.39 Å². The summed E-state index contributed by atoms with van der Waals surface area (Å²) in [5, 5.41) is 1.41. The smallest absolute Gasteiger partial charge is 0.206 e. The Morgan fingerprint density at radius 1 is 0.760 bits per heavy atom. The lowest BCUT2D eigenvalue weighted by Crippen LogP contribution is -2.31. The molecule has 0 fully saturated rings. The molecule has 5 nitrogen and oxygen atoms in total. The van der Waals surface area contributed by atoms with E-state index in [1.807, 2.05) is 12.1 Å². The van der Waals surface area contributed by atoms with Crippen LogP contribution in [0.5, 0.6) is 0 Å². The molecular formula is C16H11BrClNO4S2. The molecule has 1 N–H and O–H groups in total. The normalized spacial score (nSPS) is 12.4. The second-order valence-electron chi connectivity index (χ2n) is 5.12. The molecule has 0 aliphatic rings. The predicted octanol–water partition coefficient (Wildman–Crippen LogP) is 3.92. The minimum Gasteiger partial charge on any atom is -0.206 e. The van der Waals surface area contributed by atoms with Gasteiger partial charge in [0.25, 0.3) is 20.0 Å². The van der Waals surface area contributed by atoms with E-state index < -0.39 is 20.0 Å². The van der Waals surface area contributed by atoms with Gasteiger partial charge in [-0.25, -0.2) is 16.8 Å². The lowest BCUT2D eigenvalue weighted by atomic mass is 10.1. The Kier molecular flexibility index (Phi) is 4.91. The fourth-order valence-corrected chi connectivity index (χ4v) is 6.94. The molecule has 0 aliphatic carbocycles. The zero-order chi connectivity index (χ0) is 18.2. The van der Waals surface area contributed by atoms with E-state index >= 15 is 0 Å². The van der Waals surface area contributed by atoms with Gasteiger partial charge >= 0.3 is 0 Å². The maximum atomic E-state index is 12.6. The van der Waals surface area contributed by atoms with Gasteiger partial charge in [-0.15, -0.1) is 4.13 Å². The van der Waals surface area contributed by atoms with Crippen LogP contribution in [-0.4, -0.2) is 16.8 Å². The molecule has 0 spiro atoms. The van der Waals surface area contributed by atoms with Crippen LogP contribution in [0.15, 0.2) is 74.9 Å². The summed E-state index contributed by atoms with van der Waals surface area (Å²) in [5.41, 5.74) is 0. The first-order chi connectivity index (χ1) is 11.7. The summed E-state index contributed by atoms with van der Waals surface area (Å²) in [5.74, 6) is 0. The lowest BCUT2D eigenvalue weighted by Gasteiger charge is -2.11. The molecule has 9 heteroatoms. The van der Waals surface area contributed by atoms with E-state index in [2.05, 4.69) is 15.9 Å². The summed E-state index contributed by atoms with van der Waals surface area (Å²) in [6.07, 6.45) is 0. The average molecular weight is 461 g/mol. The van der Waals surface area contributed by atoms with Crippen LogP contribution in [0.2, 0.25) is 5.02 Å². The Balaban J connectivity index is 2.09. The van der Waals surface area contributed by atoms with Crippen LogP contribution in [0.1, 0.15) is 0 Å². The van der Waals surface area contributed by atoms with Crippen molar-refractivity contribution in [1.82, 2.24) is 4.13 Å². The quantitative estimate of drug-likeness (QED) is 0.640. The third-order valence-electron chi connectivity index (χ3n) is 3.46. The van der Waals surface area contributed by atoms with Crippen molar-refractivity contribution < 1.29 is 16.8 Å². The first kappa shape index (κ1) is 18.3. The van der Waals surface area contributed by atoms with Crippen LogP contribution in [-0.2, 0) is 20.0 Å². The van der Waals surface area contributed by atoms with Crippen molar-refractivity contribution in [2.45, 2.75) is 9.79 Å². The molecule has 130 valence electrons. The molecular weight excluding hydrogens is 450 g/mol. The highest BCUT2D eigenvalue weighted by Gasteiger charge is 2.28. The molecule has 0 amide bonds. The Morgan fingerprint density at radius 2 is 1.36 bits per heavy atom. The molecule has 0 bridgehead atoms. The number of sulfonamides is 2. The summed E-state index contributed by atoms with van der Waals surface area (Å²) < 4.78 is 52.1. The van der Waals surface area contributed by atoms with Gasteiger partial charge in [0.05, 0.1) is 9.92 Å². The topological polar surface area (TPSA) is 80.3 Å². The summed E-state index contributed by atoms with van der Waals surface area (Å²) in [7, 11) is -8.71. The van der Waals surface area contributed by atoms with Gasteiger partial charge in [-0.1, -0.05) is 54.1 Å². The van der Waals surface area contributed by atoms with Crippen molar-refractivity contribution in [2.24, 2.45) is 0 Å². The summed E-state index contributed by atoms with van der Waals surface area (Å²) in [6.45, 7) is 0. The highest BCUT2D eigenvalue weighted by atomic mass is 79.9. The standard InChI is InChI=1S/C16H11BrClNO4S2/c17-16-12-6-2-1-5-11(12)9-10-15(16)25(22,23)19-24(20,21)14-8-4-3-7-13(14)18/h1-10,19H. The molecule has 0 radical (unpaired) electrons. The van der Waals surface area contributed by atoms with Crippen molar-refractivity contribution in [3.05, 3.63) is 70.2 Å². The van der Waals surface area contributed by atoms with Crippen molar-refractivity contribution in [1.29, 1.82) is 0 Å². The molecule has 3 aromatic carbocycles. The highest BCUT2D eigenvalue weighted by molar-refractivity contribution is 9.10. The molecule has 0 atom stereocenters. The summed E-state index contributed by atoms with van der Waals surface area (Å²) in [4.78, 5) is -0.487. The van der Waals surface area contributed by atoms with Gasteiger partial charge in [0.2, 0.25) is 0 Å². The van der Waals surface area contributed by atoms with E-state index in [4.69, 9.17) is 11.6 Å². The van der Waals surface area contributed by atoms with Gasteiger partial charge in [-0.2, -0.15) is 0 Å². The molecule has 3 rings (SSSR count). The number of rotatable bonds is 4. The summed E-state index contributed by atoms with van der Waals surface area (Å²) in [6, 6.07) is 15.7. The minimum absolute atomic E-state index is 0.0669. The van der Waals surface area contributed by atoms with Gasteiger partial charge in [-0.05, 0) is 44.9 Å². The zero-order valence-corrected chi connectivity index (χ0v) is 16.5. The highest BCUT2D eigenvalue weighted by Crippen LogP contribution is 2.31. The summed E-state index contributed by atoms with van der Waals surface area (Å²) >= 11 is 9.13. The van der Waals surface area contributed by atoms with E-state index in [-0.39, 0.29) is 19.3 Å². The maximum absolute atomic E-state index is 12.6. The van der Waals surface area contributed by atoms with Gasteiger partial charge in [-0.3, -0.25) is 0 Å². The van der Waals surface area contributed by atoms with Crippen LogP contribution in [0.3, 0.4) is 0 Å². The molecule has 0 unspecified atom stereocenters. The second-order valence-corrected chi connectivity index (χ2v) is 9.88. The maximum Gasteiger partial charge on any atom is 0.255 e. The second kappa shape index (κ2) is 6.69. The molecule has 25 heavy (non-hydrogen) atoms. The van der Waals surface area contributed by atoms with Gasteiger partial charge in [0.15, 0.2) is 0 Å². The predicted molar refractivity (Wildman–Crippen MR) is 101 cm³/mol. The van der Waals surface area contributed by atoms with Crippen LogP contribution in [0.25, 0.3) is 10.8 Å². The first-order valence-corrected chi connectivity index (χ1v) is 11.1. The Bertz CT molecular complexity index is 1180. The van der Waals surface area contributed by atoms with E-state index in [9.17, 15) is 16.8 Å². The molecule has 0 heterocycles. The van der Waals surface area contributed by atoms with E-state index in [1.54, 1.807) is 28.4 Å². The number of fused-ring (bicyclic) bond motifs is 1. The lowest BCUT2D eigenvalue weighted by molar-refractivity contribution is 0.577. The minimum atomic E-state index is -4.36. The third-order valence-corrected chi connectivity index (χ3v) is 8.63. The molecule has 0 aliphatic heterocycles. The van der Waals surface area contributed by atoms with Gasteiger partial charge in [0, 0.05) is 4.47 Å². The van der Waals surface area contributed by atoms with Crippen molar-refractivity contribution in [3.63, 3.8) is 0 Å². The van der Waals surface area contributed by atoms with E-state index in [1.165, 1.54) is 24.3 Å². The zero-order valence-electron chi connectivity index (χ0n) is 12.5. The van der Waals surface area contributed by atoms with Crippen LogP contribution < -0.4 is 4.13 Å². The van der Waals surface area contributed by atoms with Crippen LogP contribution >= 0.6 is 27.5 Å². The third kappa shape index (κ3) is 3.58. The molecule has 3 aromatic rings. The van der Waals surface area contributed by atoms with Gasteiger partial charge in [0.1, 0.15) is 4.90 Å². The largest absolute Gasteiger partial charge is 0.255 e. The SMILES string of the molecule is O=S(=O)(NS(=O)(=O)c1ccc2ccccc2c1Br)c1ccccc1Cl. The Hall–Kier alpha value is -1.45. The van der Waals surface area contributed by atoms with Gasteiger partial charge < -0.3 is 0 Å². The fraction of sp³-hybridized carbons (Fsp3) is 0. The monoisotopic (exact) mass is 459 g/mol. The Morgan fingerprint density at radius 3 is 2.08 bits per heavy atom. The number of hydrogen-bond donors (Lipinski definition) is 1. The van der Waals surface area contributed by atoms with Crippen molar-refractivity contribution >= 4 is 58.3 Å². The average Bonchev–Trinajstić information content (AvgIpc) is 2.54. The number of halogens is 2. The number of nitrogens with one attached hydrogen (secondary N) is 1. The number of hydrogen-bond acceptors (Lipinski definition) is 4. The van der Waals surface area contributed by atoms with Crippen LogP contribution in [0.4, 0.5) is 0 Å². The van der Waals surface area contributed by atoms with Crippen molar-refractivity contribution in [3.8, 4) is 0 Å². The number of benzene rings is 3. The molecule has 0 aromatic heterocycles. The van der Waals surface area contributed by atoms with Crippen LogP contribution in [0, 0.1) is 0 Å². The molecule has 0 saturated carbocycles.